The van der Waals surface area contributed by atoms with Crippen molar-refractivity contribution < 1.29 is 18.1 Å². The smallest absolute Gasteiger partial charge is 0.367 e. The van der Waals surface area contributed by atoms with Gasteiger partial charge >= 0.3 is 9.05 Å². The molecular formula is C6H16O4Si. The molecule has 0 aromatic rings. The summed E-state index contributed by atoms with van der Waals surface area (Å²) in [5.41, 5.74) is 0. The molecule has 0 bridgehead atoms. The summed E-state index contributed by atoms with van der Waals surface area (Å²) in [5, 5.41) is 0. The van der Waals surface area contributed by atoms with Crippen molar-refractivity contribution in [1.29, 1.82) is 0 Å². The molecule has 0 heterocycles. The van der Waals surface area contributed by atoms with Gasteiger partial charge in [0.05, 0.1) is 0 Å². The molecule has 5 heteroatoms. The Kier molecular flexibility index (Phi) is 5.70. The zero-order valence-electron chi connectivity index (χ0n) is 7.29. The van der Waals surface area contributed by atoms with Crippen LogP contribution in [0.5, 0.6) is 0 Å². The van der Waals surface area contributed by atoms with Crippen LogP contribution in [0.4, 0.5) is 0 Å². The van der Waals surface area contributed by atoms with Gasteiger partial charge in [-0.1, -0.05) is 13.3 Å². The Labute approximate surface area is 68.6 Å². The first-order valence-electron chi connectivity index (χ1n) is 3.65. The molecule has 0 aliphatic rings. The molecule has 0 aromatic heterocycles. The fourth-order valence-electron chi connectivity index (χ4n) is 0.547. The van der Waals surface area contributed by atoms with Crippen molar-refractivity contribution in [3.05, 3.63) is 0 Å². The summed E-state index contributed by atoms with van der Waals surface area (Å²) in [5.74, 6) is 0. The molecule has 0 atom stereocenters. The van der Waals surface area contributed by atoms with Gasteiger partial charge in [-0.15, -0.1) is 0 Å². The summed E-state index contributed by atoms with van der Waals surface area (Å²) < 4.78 is 14.4. The molecule has 0 fully saturated rings. The molecule has 11 heavy (non-hydrogen) atoms. The van der Waals surface area contributed by atoms with Crippen LogP contribution < -0.4 is 0 Å². The predicted molar refractivity (Wildman–Crippen MR) is 42.9 cm³/mol. The average Bonchev–Trinajstić information content (AvgIpc) is 2.05. The van der Waals surface area contributed by atoms with E-state index < -0.39 is 9.05 Å². The van der Waals surface area contributed by atoms with Crippen molar-refractivity contribution in [1.82, 2.24) is 0 Å². The van der Waals surface area contributed by atoms with E-state index in [4.69, 9.17) is 4.43 Å². The highest BCUT2D eigenvalue weighted by Crippen LogP contribution is 2.03. The zero-order valence-corrected chi connectivity index (χ0v) is 8.29. The van der Waals surface area contributed by atoms with E-state index in [0.717, 1.165) is 12.8 Å². The lowest BCUT2D eigenvalue weighted by molar-refractivity contribution is 0.0225. The summed E-state index contributed by atoms with van der Waals surface area (Å²) in [4.78, 5) is 9.33. The molecule has 0 spiro atoms. The number of hydrogen-bond acceptors (Lipinski definition) is 4. The van der Waals surface area contributed by atoms with Gasteiger partial charge in [0.25, 0.3) is 0 Å². The first-order valence-corrected chi connectivity index (χ1v) is 5.32. The third-order valence-electron chi connectivity index (χ3n) is 1.30. The highest BCUT2D eigenvalue weighted by molar-refractivity contribution is 6.51. The Morgan fingerprint density at radius 2 is 1.82 bits per heavy atom. The number of unbranched alkanes of at least 4 members (excludes halogenated alkanes) is 1. The lowest BCUT2D eigenvalue weighted by Crippen LogP contribution is -2.44. The Balaban J connectivity index is 3.51. The number of rotatable bonds is 6. The molecule has 0 aliphatic carbocycles. The van der Waals surface area contributed by atoms with Gasteiger partial charge in [-0.3, -0.25) is 0 Å². The van der Waals surface area contributed by atoms with Crippen LogP contribution in [-0.4, -0.2) is 34.7 Å². The van der Waals surface area contributed by atoms with Crippen molar-refractivity contribution in [2.45, 2.75) is 19.8 Å². The quantitative estimate of drug-likeness (QED) is 0.478. The van der Waals surface area contributed by atoms with E-state index in [-0.39, 0.29) is 0 Å². The molecule has 0 radical (unpaired) electrons. The van der Waals surface area contributed by atoms with Crippen LogP contribution in [0.1, 0.15) is 19.8 Å². The summed E-state index contributed by atoms with van der Waals surface area (Å²) >= 11 is 0. The van der Waals surface area contributed by atoms with E-state index >= 15 is 0 Å². The highest BCUT2D eigenvalue weighted by Gasteiger charge is 2.38. The second kappa shape index (κ2) is 5.67. The van der Waals surface area contributed by atoms with E-state index in [1.165, 1.54) is 14.2 Å². The monoisotopic (exact) mass is 180 g/mol. The van der Waals surface area contributed by atoms with Crippen LogP contribution in [0.25, 0.3) is 0 Å². The average molecular weight is 180 g/mol. The Bertz CT molecular complexity index is 94.6. The molecule has 68 valence electrons. The van der Waals surface area contributed by atoms with Crippen LogP contribution >= 0.6 is 0 Å². The fraction of sp³-hybridized carbons (Fsp3) is 1.00. The first-order chi connectivity index (χ1) is 5.18. The predicted octanol–water partition coefficient (Wildman–Crippen LogP) is 0.524. The maximum Gasteiger partial charge on any atom is 0.676 e. The van der Waals surface area contributed by atoms with E-state index in [0.29, 0.717) is 6.61 Å². The summed E-state index contributed by atoms with van der Waals surface area (Å²) in [6.07, 6.45) is 1.93. The molecule has 0 aromatic carbocycles. The molecule has 0 saturated heterocycles. The normalized spacial score (nSPS) is 12.0. The third kappa shape index (κ3) is 4.49. The third-order valence-corrected chi connectivity index (χ3v) is 2.90. The summed E-state index contributed by atoms with van der Waals surface area (Å²) in [7, 11) is -0.481. The van der Waals surface area contributed by atoms with Crippen LogP contribution in [0, 0.1) is 0 Å². The fourth-order valence-corrected chi connectivity index (χ4v) is 1.35. The van der Waals surface area contributed by atoms with Gasteiger partial charge < -0.3 is 18.1 Å². The molecule has 1 N–H and O–H groups in total. The maximum atomic E-state index is 9.33. The van der Waals surface area contributed by atoms with Gasteiger partial charge in [-0.25, -0.2) is 0 Å². The SMILES string of the molecule is CCCCO[Si](O)(OC)OC. The number of hydrogen-bond donors (Lipinski definition) is 1. The van der Waals surface area contributed by atoms with Gasteiger partial charge in [-0.05, 0) is 6.42 Å². The van der Waals surface area contributed by atoms with Crippen LogP contribution in [0.3, 0.4) is 0 Å². The second-order valence-electron chi connectivity index (χ2n) is 2.13. The maximum absolute atomic E-state index is 9.33. The molecule has 0 amide bonds. The van der Waals surface area contributed by atoms with Crippen LogP contribution in [-0.2, 0) is 13.3 Å². The van der Waals surface area contributed by atoms with Crippen molar-refractivity contribution in [3.63, 3.8) is 0 Å². The summed E-state index contributed by atoms with van der Waals surface area (Å²) in [6.45, 7) is 2.53. The van der Waals surface area contributed by atoms with Crippen molar-refractivity contribution >= 4 is 9.05 Å². The molecule has 0 aliphatic heterocycles. The van der Waals surface area contributed by atoms with E-state index in [9.17, 15) is 4.80 Å². The van der Waals surface area contributed by atoms with Gasteiger partial charge in [-0.2, -0.15) is 0 Å². The lowest BCUT2D eigenvalue weighted by Gasteiger charge is -2.18. The lowest BCUT2D eigenvalue weighted by atomic mass is 10.4. The molecule has 0 saturated carbocycles. The Morgan fingerprint density at radius 3 is 2.18 bits per heavy atom. The molecule has 0 unspecified atom stereocenters. The zero-order chi connectivity index (χ0) is 8.74. The largest absolute Gasteiger partial charge is 0.676 e. The summed E-state index contributed by atoms with van der Waals surface area (Å²) in [6, 6.07) is 0. The molecule has 4 nitrogen and oxygen atoms in total. The highest BCUT2D eigenvalue weighted by atomic mass is 28.4. The van der Waals surface area contributed by atoms with Crippen LogP contribution in [0.15, 0.2) is 0 Å². The second-order valence-corrected chi connectivity index (χ2v) is 4.29. The van der Waals surface area contributed by atoms with E-state index in [2.05, 4.69) is 8.85 Å². The molecule has 0 rings (SSSR count). The van der Waals surface area contributed by atoms with Gasteiger partial charge in [0, 0.05) is 20.8 Å². The minimum atomic E-state index is -3.23. The van der Waals surface area contributed by atoms with Gasteiger partial charge in [0.2, 0.25) is 0 Å². The standard InChI is InChI=1S/C6H16O4Si/c1-4-5-6-10-11(7,8-2)9-3/h7H,4-6H2,1-3H3. The van der Waals surface area contributed by atoms with Crippen LogP contribution in [0.2, 0.25) is 0 Å². The Morgan fingerprint density at radius 1 is 1.27 bits per heavy atom. The van der Waals surface area contributed by atoms with E-state index in [1.807, 2.05) is 6.92 Å². The van der Waals surface area contributed by atoms with Crippen molar-refractivity contribution in [2.24, 2.45) is 0 Å². The van der Waals surface area contributed by atoms with Crippen molar-refractivity contribution in [2.75, 3.05) is 20.8 Å². The minimum Gasteiger partial charge on any atom is -0.367 e. The first kappa shape index (κ1) is 11.1. The van der Waals surface area contributed by atoms with Gasteiger partial charge in [0.15, 0.2) is 0 Å². The molecular weight excluding hydrogens is 164 g/mol. The van der Waals surface area contributed by atoms with E-state index in [1.54, 1.807) is 0 Å². The van der Waals surface area contributed by atoms with Gasteiger partial charge in [0.1, 0.15) is 0 Å². The topological polar surface area (TPSA) is 47.9 Å². The Hall–Kier alpha value is 0.0569. The minimum absolute atomic E-state index is 0.487. The van der Waals surface area contributed by atoms with Crippen molar-refractivity contribution in [3.8, 4) is 0 Å².